The highest BCUT2D eigenvalue weighted by molar-refractivity contribution is 5.75. The molecule has 0 spiro atoms. The monoisotopic (exact) mass is 251 g/mol. The first-order valence-corrected chi connectivity index (χ1v) is 4.51. The average molecular weight is 251 g/mol. The van der Waals surface area contributed by atoms with Crippen LogP contribution in [-0.2, 0) is 19.1 Å². The summed E-state index contributed by atoms with van der Waals surface area (Å²) in [6, 6.07) is 0. The van der Waals surface area contributed by atoms with Crippen molar-refractivity contribution in [1.82, 2.24) is 4.90 Å². The lowest BCUT2D eigenvalue weighted by molar-refractivity contribution is -0.172. The molecule has 0 aromatic carbocycles. The summed E-state index contributed by atoms with van der Waals surface area (Å²) in [6.45, 7) is -2.30. The first-order chi connectivity index (χ1) is 7.88. The van der Waals surface area contributed by atoms with Gasteiger partial charge in [0.2, 0.25) is 6.23 Å². The molecule has 0 heterocycles. The first-order valence-electron chi connectivity index (χ1n) is 4.51. The lowest BCUT2D eigenvalue weighted by atomic mass is 10.4. The number of ether oxygens (including phenoxy) is 1. The normalized spacial score (nSPS) is 12.4. The van der Waals surface area contributed by atoms with Crippen molar-refractivity contribution in [2.24, 2.45) is 0 Å². The quantitative estimate of drug-likeness (QED) is 0.338. The molecule has 0 aliphatic heterocycles. The Bertz CT molecular complexity index is 291. The van der Waals surface area contributed by atoms with Crippen LogP contribution in [0.3, 0.4) is 0 Å². The number of rotatable bonds is 9. The van der Waals surface area contributed by atoms with E-state index in [1.54, 1.807) is 0 Å². The van der Waals surface area contributed by atoms with Gasteiger partial charge >= 0.3 is 17.9 Å². The molecule has 0 aromatic rings. The molecule has 0 radical (unpaired) electrons. The largest absolute Gasteiger partial charge is 0.480 e. The predicted molar refractivity (Wildman–Crippen MR) is 51.3 cm³/mol. The van der Waals surface area contributed by atoms with Crippen molar-refractivity contribution in [3.05, 3.63) is 0 Å². The van der Waals surface area contributed by atoms with Crippen molar-refractivity contribution in [2.75, 3.05) is 26.3 Å². The highest BCUT2D eigenvalue weighted by Gasteiger charge is 2.28. The Morgan fingerprint density at radius 3 is 2.06 bits per heavy atom. The average Bonchev–Trinajstić information content (AvgIpc) is 2.16. The fraction of sp³-hybridized carbons (Fsp3) is 0.625. The van der Waals surface area contributed by atoms with Gasteiger partial charge in [0, 0.05) is 6.54 Å². The van der Waals surface area contributed by atoms with Crippen LogP contribution in [0.2, 0.25) is 0 Å². The smallest absolute Gasteiger partial charge is 0.348 e. The molecule has 0 amide bonds. The van der Waals surface area contributed by atoms with Gasteiger partial charge in [-0.05, 0) is 0 Å². The van der Waals surface area contributed by atoms with Gasteiger partial charge in [-0.3, -0.25) is 9.69 Å². The van der Waals surface area contributed by atoms with Gasteiger partial charge in [0.1, 0.15) is 6.61 Å². The Morgan fingerprint density at radius 1 is 1.12 bits per heavy atom. The zero-order chi connectivity index (χ0) is 13.4. The summed E-state index contributed by atoms with van der Waals surface area (Å²) >= 11 is 0. The third-order valence-electron chi connectivity index (χ3n) is 1.63. The van der Waals surface area contributed by atoms with Crippen molar-refractivity contribution < 1.29 is 39.5 Å². The predicted octanol–water partition coefficient (Wildman–Crippen LogP) is -2.12. The molecule has 0 saturated carbocycles. The van der Waals surface area contributed by atoms with Gasteiger partial charge in [0.15, 0.2) is 0 Å². The summed E-state index contributed by atoms with van der Waals surface area (Å²) in [5.74, 6) is -4.22. The number of carboxylic acids is 3. The number of aliphatic hydroxyl groups is 1. The summed E-state index contributed by atoms with van der Waals surface area (Å²) in [5, 5.41) is 34.3. The van der Waals surface area contributed by atoms with E-state index in [1.165, 1.54) is 0 Å². The standard InChI is InChI=1S/C8H13NO8/c10-2-1-9(3-5(11)12)7(8(15)16)17-4-6(13)14/h7,10H,1-4H2,(H,11,12)(H,13,14)(H,15,16). The van der Waals surface area contributed by atoms with Crippen molar-refractivity contribution in [3.63, 3.8) is 0 Å². The van der Waals surface area contributed by atoms with Crippen LogP contribution in [0, 0.1) is 0 Å². The molecule has 1 atom stereocenters. The number of hydrogen-bond donors (Lipinski definition) is 4. The summed E-state index contributed by atoms with van der Waals surface area (Å²) in [6.07, 6.45) is -1.73. The molecule has 0 aliphatic rings. The van der Waals surface area contributed by atoms with Crippen molar-refractivity contribution >= 4 is 17.9 Å². The number of hydrogen-bond acceptors (Lipinski definition) is 6. The summed E-state index contributed by atoms with van der Waals surface area (Å²) in [5.41, 5.74) is 0. The van der Waals surface area contributed by atoms with Gasteiger partial charge in [-0.25, -0.2) is 9.59 Å². The molecular weight excluding hydrogens is 238 g/mol. The second-order valence-corrected chi connectivity index (χ2v) is 2.98. The third-order valence-corrected chi connectivity index (χ3v) is 1.63. The van der Waals surface area contributed by atoms with Gasteiger partial charge in [-0.1, -0.05) is 0 Å². The lowest BCUT2D eigenvalue weighted by Gasteiger charge is -2.25. The topological polar surface area (TPSA) is 145 Å². The fourth-order valence-corrected chi connectivity index (χ4v) is 1.06. The maximum Gasteiger partial charge on any atom is 0.348 e. The van der Waals surface area contributed by atoms with Crippen LogP contribution in [0.5, 0.6) is 0 Å². The Balaban J connectivity index is 4.63. The molecule has 98 valence electrons. The molecule has 0 aromatic heterocycles. The minimum absolute atomic E-state index is 0.261. The fourth-order valence-electron chi connectivity index (χ4n) is 1.06. The second kappa shape index (κ2) is 7.54. The maximum absolute atomic E-state index is 10.8. The van der Waals surface area contributed by atoms with E-state index >= 15 is 0 Å². The van der Waals surface area contributed by atoms with Gasteiger partial charge in [-0.15, -0.1) is 0 Å². The van der Waals surface area contributed by atoms with E-state index in [0.29, 0.717) is 0 Å². The summed E-state index contributed by atoms with van der Waals surface area (Å²) < 4.78 is 4.53. The van der Waals surface area contributed by atoms with Crippen LogP contribution in [0.1, 0.15) is 0 Å². The molecule has 1 unspecified atom stereocenters. The minimum Gasteiger partial charge on any atom is -0.480 e. The Kier molecular flexibility index (Phi) is 6.79. The SMILES string of the molecule is O=C(O)COC(C(=O)O)N(CCO)CC(=O)O. The van der Waals surface area contributed by atoms with Crippen molar-refractivity contribution in [2.45, 2.75) is 6.23 Å². The molecule has 17 heavy (non-hydrogen) atoms. The van der Waals surface area contributed by atoms with E-state index in [-0.39, 0.29) is 6.54 Å². The third kappa shape index (κ3) is 6.45. The zero-order valence-electron chi connectivity index (χ0n) is 8.77. The van der Waals surface area contributed by atoms with E-state index in [2.05, 4.69) is 4.74 Å². The molecule has 0 saturated heterocycles. The number of carboxylic acid groups (broad SMARTS) is 3. The van der Waals surface area contributed by atoms with Crippen LogP contribution in [0.15, 0.2) is 0 Å². The van der Waals surface area contributed by atoms with Crippen LogP contribution in [0.4, 0.5) is 0 Å². The van der Waals surface area contributed by atoms with Crippen LogP contribution < -0.4 is 0 Å². The molecule has 9 nitrogen and oxygen atoms in total. The van der Waals surface area contributed by atoms with Gasteiger partial charge in [-0.2, -0.15) is 0 Å². The molecular formula is C8H13NO8. The van der Waals surface area contributed by atoms with Crippen LogP contribution >= 0.6 is 0 Å². The van der Waals surface area contributed by atoms with Gasteiger partial charge < -0.3 is 25.2 Å². The minimum atomic E-state index is -1.73. The first kappa shape index (κ1) is 15.3. The van der Waals surface area contributed by atoms with Gasteiger partial charge in [0.25, 0.3) is 0 Å². The van der Waals surface area contributed by atoms with Crippen molar-refractivity contribution in [3.8, 4) is 0 Å². The number of carbonyl (C=O) groups is 3. The highest BCUT2D eigenvalue weighted by Crippen LogP contribution is 2.02. The highest BCUT2D eigenvalue weighted by atomic mass is 16.5. The van der Waals surface area contributed by atoms with E-state index in [1.807, 2.05) is 0 Å². The van der Waals surface area contributed by atoms with Crippen LogP contribution in [-0.4, -0.2) is 75.8 Å². The zero-order valence-corrected chi connectivity index (χ0v) is 8.77. The van der Waals surface area contributed by atoms with E-state index < -0.39 is 43.9 Å². The Hall–Kier alpha value is -1.71. The Morgan fingerprint density at radius 2 is 1.71 bits per heavy atom. The lowest BCUT2D eigenvalue weighted by Crippen LogP contribution is -2.47. The van der Waals surface area contributed by atoms with Crippen LogP contribution in [0.25, 0.3) is 0 Å². The number of aliphatic hydroxyl groups excluding tert-OH is 1. The summed E-state index contributed by atoms with van der Waals surface area (Å²) in [4.78, 5) is 32.3. The molecule has 0 bridgehead atoms. The van der Waals surface area contributed by atoms with E-state index in [9.17, 15) is 14.4 Å². The number of aliphatic carboxylic acids is 3. The second-order valence-electron chi connectivity index (χ2n) is 2.98. The number of nitrogens with zero attached hydrogens (tertiary/aromatic N) is 1. The maximum atomic E-state index is 10.8. The Labute approximate surface area is 95.8 Å². The van der Waals surface area contributed by atoms with E-state index in [4.69, 9.17) is 20.4 Å². The molecule has 4 N–H and O–H groups in total. The molecule has 0 fully saturated rings. The molecule has 0 aliphatic carbocycles. The van der Waals surface area contributed by atoms with Crippen molar-refractivity contribution in [1.29, 1.82) is 0 Å². The molecule has 9 heteroatoms. The van der Waals surface area contributed by atoms with Gasteiger partial charge in [0.05, 0.1) is 13.2 Å². The molecule has 0 rings (SSSR count). The van der Waals surface area contributed by atoms with E-state index in [0.717, 1.165) is 4.90 Å². The summed E-state index contributed by atoms with van der Waals surface area (Å²) in [7, 11) is 0.